The first-order valence-electron chi connectivity index (χ1n) is 8.94. The molecule has 0 aromatic heterocycles. The molecule has 1 saturated heterocycles. The van der Waals surface area contributed by atoms with Gasteiger partial charge in [0.1, 0.15) is 0 Å². The van der Waals surface area contributed by atoms with Crippen LogP contribution in [0.1, 0.15) is 25.8 Å². The van der Waals surface area contributed by atoms with E-state index in [0.717, 1.165) is 18.7 Å². The van der Waals surface area contributed by atoms with E-state index in [2.05, 4.69) is 29.4 Å². The number of ether oxygens (including phenoxy) is 2. The molecule has 0 unspecified atom stereocenters. The fourth-order valence-electron chi connectivity index (χ4n) is 3.21. The summed E-state index contributed by atoms with van der Waals surface area (Å²) in [6.45, 7) is 6.74. The number of nitrogens with zero attached hydrogens (tertiary/aromatic N) is 1. The van der Waals surface area contributed by atoms with Gasteiger partial charge in [-0.15, -0.1) is 0 Å². The molecule has 0 spiro atoms. The minimum atomic E-state index is -0.418. The second kappa shape index (κ2) is 9.43. The molecule has 0 saturated carbocycles. The minimum Gasteiger partial charge on any atom is -0.493 e. The highest BCUT2D eigenvalue weighted by Gasteiger charge is 2.31. The molecule has 1 fully saturated rings. The number of rotatable bonds is 8. The topological polar surface area (TPSA) is 79.9 Å². The van der Waals surface area contributed by atoms with Gasteiger partial charge >= 0.3 is 0 Å². The second-order valence-corrected chi connectivity index (χ2v) is 6.83. The fraction of sp³-hybridized carbons (Fsp3) is 0.579. The number of methoxy groups -OCH3 is 2. The highest BCUT2D eigenvalue weighted by atomic mass is 16.5. The summed E-state index contributed by atoms with van der Waals surface area (Å²) < 4.78 is 10.7. The van der Waals surface area contributed by atoms with Gasteiger partial charge in [0.05, 0.1) is 26.7 Å². The Bertz CT molecular complexity index is 633. The normalized spacial score (nSPS) is 17.7. The Balaban J connectivity index is 1.98. The van der Waals surface area contributed by atoms with Crippen LogP contribution in [0.4, 0.5) is 0 Å². The molecular formula is C19H29N3O4. The molecule has 1 aromatic carbocycles. The summed E-state index contributed by atoms with van der Waals surface area (Å²) >= 11 is 0. The standard InChI is InChI=1S/C19H29N3O4/c1-13(2)12-22-9-8-20-19(24)15(22)10-17(23)21-11-14-6-5-7-16(25-3)18(14)26-4/h5-7,13,15H,8-12H2,1-4H3,(H,20,24)(H,21,23)/t15-/m0/s1. The smallest absolute Gasteiger partial charge is 0.237 e. The number of hydrogen-bond donors (Lipinski definition) is 2. The highest BCUT2D eigenvalue weighted by Crippen LogP contribution is 2.30. The van der Waals surface area contributed by atoms with E-state index in [9.17, 15) is 9.59 Å². The molecule has 0 radical (unpaired) electrons. The van der Waals surface area contributed by atoms with Gasteiger partial charge in [-0.2, -0.15) is 0 Å². The summed E-state index contributed by atoms with van der Waals surface area (Å²) in [5, 5.41) is 5.74. The lowest BCUT2D eigenvalue weighted by Crippen LogP contribution is -2.57. The van der Waals surface area contributed by atoms with Crippen LogP contribution in [0.3, 0.4) is 0 Å². The maximum Gasteiger partial charge on any atom is 0.237 e. The number of piperazine rings is 1. The van der Waals surface area contributed by atoms with Crippen molar-refractivity contribution in [3.63, 3.8) is 0 Å². The molecule has 1 aromatic rings. The summed E-state index contributed by atoms with van der Waals surface area (Å²) in [4.78, 5) is 26.7. The summed E-state index contributed by atoms with van der Waals surface area (Å²) in [7, 11) is 3.14. The van der Waals surface area contributed by atoms with Crippen LogP contribution in [0, 0.1) is 5.92 Å². The average molecular weight is 363 g/mol. The Kier molecular flexibility index (Phi) is 7.26. The van der Waals surface area contributed by atoms with E-state index in [1.807, 2.05) is 12.1 Å². The van der Waals surface area contributed by atoms with Crippen molar-refractivity contribution in [1.29, 1.82) is 0 Å². The molecule has 1 aliphatic heterocycles. The van der Waals surface area contributed by atoms with E-state index in [4.69, 9.17) is 9.47 Å². The van der Waals surface area contributed by atoms with Crippen molar-refractivity contribution >= 4 is 11.8 Å². The van der Waals surface area contributed by atoms with Crippen molar-refractivity contribution in [3.8, 4) is 11.5 Å². The quantitative estimate of drug-likeness (QED) is 0.725. The van der Waals surface area contributed by atoms with Gasteiger partial charge in [-0.05, 0) is 12.0 Å². The van der Waals surface area contributed by atoms with Gasteiger partial charge in [0.15, 0.2) is 11.5 Å². The Morgan fingerprint density at radius 2 is 2.12 bits per heavy atom. The van der Waals surface area contributed by atoms with Crippen molar-refractivity contribution in [2.24, 2.45) is 5.92 Å². The first kappa shape index (κ1) is 20.0. The number of hydrogen-bond acceptors (Lipinski definition) is 5. The third-order valence-corrected chi connectivity index (χ3v) is 4.38. The average Bonchev–Trinajstić information content (AvgIpc) is 2.61. The Morgan fingerprint density at radius 1 is 1.35 bits per heavy atom. The summed E-state index contributed by atoms with van der Waals surface area (Å²) in [5.74, 6) is 1.42. The van der Waals surface area contributed by atoms with E-state index >= 15 is 0 Å². The maximum atomic E-state index is 12.4. The number of para-hydroxylation sites is 1. The predicted octanol–water partition coefficient (Wildman–Crippen LogP) is 1.17. The van der Waals surface area contributed by atoms with Gasteiger partial charge in [-0.25, -0.2) is 0 Å². The van der Waals surface area contributed by atoms with Crippen molar-refractivity contribution in [1.82, 2.24) is 15.5 Å². The van der Waals surface area contributed by atoms with Crippen LogP contribution in [-0.2, 0) is 16.1 Å². The Hall–Kier alpha value is -2.28. The molecule has 1 heterocycles. The Labute approximate surface area is 155 Å². The molecule has 2 amide bonds. The molecular weight excluding hydrogens is 334 g/mol. The third kappa shape index (κ3) is 5.11. The van der Waals surface area contributed by atoms with Crippen molar-refractivity contribution < 1.29 is 19.1 Å². The number of nitrogens with one attached hydrogen (secondary N) is 2. The number of benzene rings is 1. The maximum absolute atomic E-state index is 12.4. The first-order chi connectivity index (χ1) is 12.5. The van der Waals surface area contributed by atoms with E-state index in [-0.39, 0.29) is 18.2 Å². The van der Waals surface area contributed by atoms with Gasteiger partial charge in [0.2, 0.25) is 11.8 Å². The van der Waals surface area contributed by atoms with Crippen LogP contribution in [0.15, 0.2) is 18.2 Å². The number of carbonyl (C=O) groups excluding carboxylic acids is 2. The SMILES string of the molecule is COc1cccc(CNC(=O)C[C@H]2C(=O)NCCN2CC(C)C)c1OC. The molecule has 26 heavy (non-hydrogen) atoms. The summed E-state index contributed by atoms with van der Waals surface area (Å²) in [5.41, 5.74) is 0.826. The number of carbonyl (C=O) groups is 2. The van der Waals surface area contributed by atoms with Crippen LogP contribution in [-0.4, -0.2) is 56.6 Å². The van der Waals surface area contributed by atoms with E-state index in [0.29, 0.717) is 30.5 Å². The van der Waals surface area contributed by atoms with Crippen LogP contribution in [0.25, 0.3) is 0 Å². The first-order valence-corrected chi connectivity index (χ1v) is 8.94. The summed E-state index contributed by atoms with van der Waals surface area (Å²) in [6, 6.07) is 5.11. The third-order valence-electron chi connectivity index (χ3n) is 4.38. The van der Waals surface area contributed by atoms with Gasteiger partial charge < -0.3 is 20.1 Å². The lowest BCUT2D eigenvalue weighted by atomic mass is 10.1. The Morgan fingerprint density at radius 3 is 2.77 bits per heavy atom. The minimum absolute atomic E-state index is 0.0778. The van der Waals surface area contributed by atoms with Crippen molar-refractivity contribution in [3.05, 3.63) is 23.8 Å². The van der Waals surface area contributed by atoms with Gasteiger partial charge in [-0.3, -0.25) is 14.5 Å². The van der Waals surface area contributed by atoms with Crippen molar-refractivity contribution in [2.75, 3.05) is 33.9 Å². The highest BCUT2D eigenvalue weighted by molar-refractivity contribution is 5.88. The predicted molar refractivity (Wildman–Crippen MR) is 99.2 cm³/mol. The van der Waals surface area contributed by atoms with E-state index in [1.54, 1.807) is 20.3 Å². The zero-order valence-electron chi connectivity index (χ0n) is 16.0. The molecule has 0 aliphatic carbocycles. The van der Waals surface area contributed by atoms with Crippen LogP contribution in [0.5, 0.6) is 11.5 Å². The van der Waals surface area contributed by atoms with Crippen molar-refractivity contribution in [2.45, 2.75) is 32.9 Å². The monoisotopic (exact) mass is 363 g/mol. The summed E-state index contributed by atoms with van der Waals surface area (Å²) in [6.07, 6.45) is 0.144. The largest absolute Gasteiger partial charge is 0.493 e. The molecule has 144 valence electrons. The van der Waals surface area contributed by atoms with Gasteiger partial charge in [0.25, 0.3) is 0 Å². The molecule has 7 nitrogen and oxygen atoms in total. The van der Waals surface area contributed by atoms with Gasteiger partial charge in [0, 0.05) is 31.7 Å². The molecule has 2 N–H and O–H groups in total. The second-order valence-electron chi connectivity index (χ2n) is 6.83. The molecule has 2 rings (SSSR count). The lowest BCUT2D eigenvalue weighted by Gasteiger charge is -2.35. The van der Waals surface area contributed by atoms with Crippen LogP contribution >= 0.6 is 0 Å². The van der Waals surface area contributed by atoms with Gasteiger partial charge in [-0.1, -0.05) is 26.0 Å². The number of amides is 2. The molecule has 1 aliphatic rings. The molecule has 7 heteroatoms. The molecule has 1 atom stereocenters. The zero-order chi connectivity index (χ0) is 19.1. The van der Waals surface area contributed by atoms with Crippen LogP contribution < -0.4 is 20.1 Å². The lowest BCUT2D eigenvalue weighted by molar-refractivity contribution is -0.134. The zero-order valence-corrected chi connectivity index (χ0v) is 16.0. The van der Waals surface area contributed by atoms with E-state index < -0.39 is 6.04 Å². The fourth-order valence-corrected chi connectivity index (χ4v) is 3.21. The van der Waals surface area contributed by atoms with E-state index in [1.165, 1.54) is 0 Å². The van der Waals surface area contributed by atoms with Crippen LogP contribution in [0.2, 0.25) is 0 Å². The molecule has 0 bridgehead atoms.